The van der Waals surface area contributed by atoms with E-state index >= 15 is 0 Å². The highest BCUT2D eigenvalue weighted by atomic mass is 35.5. The van der Waals surface area contributed by atoms with Crippen LogP contribution in [0.2, 0.25) is 0 Å². The second-order valence-corrected chi connectivity index (χ2v) is 6.46. The van der Waals surface area contributed by atoms with Gasteiger partial charge in [0.2, 0.25) is 0 Å². The number of ketones is 1. The number of thiophene rings is 1. The molecule has 1 heterocycles. The lowest BCUT2D eigenvalue weighted by molar-refractivity contribution is 0.104. The Morgan fingerprint density at radius 2 is 2.10 bits per heavy atom. The number of methoxy groups -OCH3 is 1. The SMILES string of the molecule is COc1ccc(/C=C/C(=O)c2cc(C)sc2C)cc1CCl. The maximum atomic E-state index is 12.2. The molecule has 0 N–H and O–H groups in total. The smallest absolute Gasteiger partial charge is 0.186 e. The predicted octanol–water partition coefficient (Wildman–Crippen LogP) is 5.01. The Labute approximate surface area is 134 Å². The molecule has 0 aliphatic carbocycles. The van der Waals surface area contributed by atoms with Crippen LogP contribution in [0.15, 0.2) is 30.3 Å². The molecule has 0 saturated carbocycles. The van der Waals surface area contributed by atoms with Crippen LogP contribution in [0.3, 0.4) is 0 Å². The third-order valence-electron chi connectivity index (χ3n) is 3.18. The van der Waals surface area contributed by atoms with Crippen molar-refractivity contribution >= 4 is 34.8 Å². The van der Waals surface area contributed by atoms with E-state index in [4.69, 9.17) is 16.3 Å². The first-order valence-corrected chi connectivity index (χ1v) is 7.92. The van der Waals surface area contributed by atoms with E-state index in [1.165, 1.54) is 0 Å². The van der Waals surface area contributed by atoms with Crippen molar-refractivity contribution in [1.82, 2.24) is 0 Å². The first-order chi connectivity index (χ1) is 10.0. The van der Waals surface area contributed by atoms with Crippen LogP contribution in [-0.4, -0.2) is 12.9 Å². The molecule has 0 radical (unpaired) electrons. The normalized spacial score (nSPS) is 11.0. The molecule has 0 fully saturated rings. The average Bonchev–Trinajstić information content (AvgIpc) is 2.83. The monoisotopic (exact) mass is 320 g/mol. The molecule has 0 unspecified atom stereocenters. The van der Waals surface area contributed by atoms with E-state index < -0.39 is 0 Å². The first kappa shape index (κ1) is 15.8. The molecule has 0 spiro atoms. The van der Waals surface area contributed by atoms with E-state index in [2.05, 4.69) is 0 Å². The molecule has 0 aliphatic rings. The van der Waals surface area contributed by atoms with Crippen molar-refractivity contribution in [3.05, 3.63) is 56.8 Å². The van der Waals surface area contributed by atoms with E-state index in [1.807, 2.05) is 44.2 Å². The second kappa shape index (κ2) is 6.92. The van der Waals surface area contributed by atoms with Crippen molar-refractivity contribution in [1.29, 1.82) is 0 Å². The molecule has 4 heteroatoms. The lowest BCUT2D eigenvalue weighted by Crippen LogP contribution is -1.94. The van der Waals surface area contributed by atoms with Crippen LogP contribution >= 0.6 is 22.9 Å². The lowest BCUT2D eigenvalue weighted by Gasteiger charge is -2.06. The van der Waals surface area contributed by atoms with Gasteiger partial charge in [0.05, 0.1) is 13.0 Å². The number of hydrogen-bond acceptors (Lipinski definition) is 3. The van der Waals surface area contributed by atoms with Crippen LogP contribution in [-0.2, 0) is 5.88 Å². The molecule has 0 amide bonds. The molecule has 2 rings (SSSR count). The van der Waals surface area contributed by atoms with E-state index in [1.54, 1.807) is 24.5 Å². The molecule has 110 valence electrons. The van der Waals surface area contributed by atoms with Crippen molar-refractivity contribution < 1.29 is 9.53 Å². The maximum absolute atomic E-state index is 12.2. The van der Waals surface area contributed by atoms with E-state index in [0.717, 1.165) is 32.2 Å². The van der Waals surface area contributed by atoms with Crippen LogP contribution in [0.4, 0.5) is 0 Å². The Morgan fingerprint density at radius 3 is 2.67 bits per heavy atom. The fourth-order valence-corrected chi connectivity index (χ4v) is 3.28. The minimum absolute atomic E-state index is 0.0279. The minimum atomic E-state index is 0.0279. The van der Waals surface area contributed by atoms with Crippen molar-refractivity contribution in [2.24, 2.45) is 0 Å². The summed E-state index contributed by atoms with van der Waals surface area (Å²) in [5, 5.41) is 0. The minimum Gasteiger partial charge on any atom is -0.496 e. The number of halogens is 1. The molecule has 2 nitrogen and oxygen atoms in total. The van der Waals surface area contributed by atoms with Gasteiger partial charge in [-0.25, -0.2) is 0 Å². The van der Waals surface area contributed by atoms with E-state index in [-0.39, 0.29) is 5.78 Å². The number of ether oxygens (including phenoxy) is 1. The molecule has 1 aromatic heterocycles. The number of carbonyl (C=O) groups excluding carboxylic acids is 1. The zero-order valence-corrected chi connectivity index (χ0v) is 13.8. The van der Waals surface area contributed by atoms with Crippen LogP contribution in [0.1, 0.15) is 31.2 Å². The Kier molecular flexibility index (Phi) is 5.21. The van der Waals surface area contributed by atoms with Gasteiger partial charge in [-0.1, -0.05) is 12.1 Å². The van der Waals surface area contributed by atoms with Crippen molar-refractivity contribution in [3.63, 3.8) is 0 Å². The average molecular weight is 321 g/mol. The highest BCUT2D eigenvalue weighted by Gasteiger charge is 2.09. The topological polar surface area (TPSA) is 26.3 Å². The molecule has 0 bridgehead atoms. The molecule has 21 heavy (non-hydrogen) atoms. The van der Waals surface area contributed by atoms with Gasteiger partial charge < -0.3 is 4.74 Å². The highest BCUT2D eigenvalue weighted by molar-refractivity contribution is 7.12. The molecular weight excluding hydrogens is 304 g/mol. The summed E-state index contributed by atoms with van der Waals surface area (Å²) in [6, 6.07) is 7.64. The van der Waals surface area contributed by atoms with Crippen LogP contribution in [0.5, 0.6) is 5.75 Å². The largest absolute Gasteiger partial charge is 0.496 e. The Bertz CT molecular complexity index is 686. The van der Waals surface area contributed by atoms with Crippen molar-refractivity contribution in [3.8, 4) is 5.75 Å². The van der Waals surface area contributed by atoms with Gasteiger partial charge in [-0.15, -0.1) is 22.9 Å². The summed E-state index contributed by atoms with van der Waals surface area (Å²) in [6.07, 6.45) is 3.42. The van der Waals surface area contributed by atoms with Gasteiger partial charge in [0.25, 0.3) is 0 Å². The fraction of sp³-hybridized carbons (Fsp3) is 0.235. The summed E-state index contributed by atoms with van der Waals surface area (Å²) >= 11 is 7.54. The van der Waals surface area contributed by atoms with Crippen LogP contribution in [0.25, 0.3) is 6.08 Å². The summed E-state index contributed by atoms with van der Waals surface area (Å²) in [5.74, 6) is 1.17. The summed E-state index contributed by atoms with van der Waals surface area (Å²) in [5.41, 5.74) is 2.63. The van der Waals surface area contributed by atoms with Gasteiger partial charge in [-0.3, -0.25) is 4.79 Å². The van der Waals surface area contributed by atoms with Crippen LogP contribution < -0.4 is 4.74 Å². The Morgan fingerprint density at radius 1 is 1.33 bits per heavy atom. The quantitative estimate of drug-likeness (QED) is 0.440. The predicted molar refractivity (Wildman–Crippen MR) is 89.7 cm³/mol. The summed E-state index contributed by atoms with van der Waals surface area (Å²) in [6.45, 7) is 3.98. The number of aryl methyl sites for hydroxylation is 2. The van der Waals surface area contributed by atoms with Crippen LogP contribution in [0, 0.1) is 13.8 Å². The number of benzene rings is 1. The van der Waals surface area contributed by atoms with Gasteiger partial charge in [-0.2, -0.15) is 0 Å². The van der Waals surface area contributed by atoms with E-state index in [0.29, 0.717) is 5.88 Å². The summed E-state index contributed by atoms with van der Waals surface area (Å²) in [4.78, 5) is 14.4. The number of alkyl halides is 1. The standard InChI is InChI=1S/C17H17ClO2S/c1-11-8-15(12(2)21-11)16(19)6-4-13-5-7-17(20-3)14(9-13)10-18/h4-9H,10H2,1-3H3/b6-4+. The zero-order valence-electron chi connectivity index (χ0n) is 12.3. The van der Waals surface area contributed by atoms with Crippen molar-refractivity contribution in [2.75, 3.05) is 7.11 Å². The zero-order chi connectivity index (χ0) is 15.4. The third-order valence-corrected chi connectivity index (χ3v) is 4.44. The number of hydrogen-bond donors (Lipinski definition) is 0. The maximum Gasteiger partial charge on any atom is 0.186 e. The number of carbonyl (C=O) groups is 1. The van der Waals surface area contributed by atoms with Crippen molar-refractivity contribution in [2.45, 2.75) is 19.7 Å². The summed E-state index contributed by atoms with van der Waals surface area (Å²) in [7, 11) is 1.62. The van der Waals surface area contributed by atoms with E-state index in [9.17, 15) is 4.79 Å². The first-order valence-electron chi connectivity index (χ1n) is 6.57. The Hall–Kier alpha value is -1.58. The third kappa shape index (κ3) is 3.74. The molecule has 0 aliphatic heterocycles. The molecule has 0 saturated heterocycles. The van der Waals surface area contributed by atoms with Gasteiger partial charge in [-0.05, 0) is 43.7 Å². The second-order valence-electron chi connectivity index (χ2n) is 4.73. The molecular formula is C17H17ClO2S. The highest BCUT2D eigenvalue weighted by Crippen LogP contribution is 2.24. The fourth-order valence-electron chi connectivity index (χ4n) is 2.14. The van der Waals surface area contributed by atoms with Gasteiger partial charge in [0.15, 0.2) is 5.78 Å². The lowest BCUT2D eigenvalue weighted by atomic mass is 10.1. The van der Waals surface area contributed by atoms with Gasteiger partial charge in [0, 0.05) is 20.9 Å². The molecule has 2 aromatic rings. The van der Waals surface area contributed by atoms with Gasteiger partial charge >= 0.3 is 0 Å². The number of rotatable bonds is 5. The summed E-state index contributed by atoms with van der Waals surface area (Å²) < 4.78 is 5.23. The van der Waals surface area contributed by atoms with Gasteiger partial charge in [0.1, 0.15) is 5.75 Å². The molecule has 1 aromatic carbocycles. The molecule has 0 atom stereocenters. The number of allylic oxidation sites excluding steroid dienone is 1. The Balaban J connectivity index is 2.21.